The van der Waals surface area contributed by atoms with E-state index in [2.05, 4.69) is 30.9 Å². The Morgan fingerprint density at radius 3 is 2.95 bits per heavy atom. The number of hydrogen-bond acceptors (Lipinski definition) is 4. The van der Waals surface area contributed by atoms with Gasteiger partial charge in [-0.05, 0) is 36.6 Å². The van der Waals surface area contributed by atoms with E-state index >= 15 is 0 Å². The Morgan fingerprint density at radius 1 is 1.36 bits per heavy atom. The largest absolute Gasteiger partial charge is 0.504 e. The molecule has 1 aromatic heterocycles. The summed E-state index contributed by atoms with van der Waals surface area (Å²) in [5.41, 5.74) is 3.97. The fourth-order valence-corrected chi connectivity index (χ4v) is 5.15. The van der Waals surface area contributed by atoms with Crippen LogP contribution in [0.1, 0.15) is 45.3 Å². The van der Waals surface area contributed by atoms with Gasteiger partial charge in [0.25, 0.3) is 0 Å². The van der Waals surface area contributed by atoms with Crippen LogP contribution < -0.4 is 4.74 Å². The van der Waals surface area contributed by atoms with Crippen molar-refractivity contribution >= 4 is 11.3 Å². The van der Waals surface area contributed by atoms with Crippen molar-refractivity contribution in [2.75, 3.05) is 13.7 Å². The van der Waals surface area contributed by atoms with Gasteiger partial charge in [0.05, 0.1) is 7.11 Å². The van der Waals surface area contributed by atoms with Gasteiger partial charge in [-0.1, -0.05) is 13.0 Å². The molecular weight excluding hydrogens is 294 g/mol. The highest BCUT2D eigenvalue weighted by Gasteiger charge is 2.37. The third-order valence-electron chi connectivity index (χ3n) is 4.99. The maximum Gasteiger partial charge on any atom is 0.165 e. The number of ether oxygens (including phenoxy) is 1. The molecule has 0 saturated carbocycles. The monoisotopic (exact) mass is 315 g/mol. The topological polar surface area (TPSA) is 32.7 Å². The van der Waals surface area contributed by atoms with E-state index in [0.29, 0.717) is 17.7 Å². The highest BCUT2D eigenvalue weighted by atomic mass is 32.1. The Kier molecular flexibility index (Phi) is 3.20. The SMILES string of the molecule is COc1c(O)ccc2c1CN1CC(C)c3sc(C)cc3C1C2. The molecule has 2 atom stereocenters. The molecule has 22 heavy (non-hydrogen) atoms. The van der Waals surface area contributed by atoms with Gasteiger partial charge in [0.1, 0.15) is 0 Å². The predicted molar refractivity (Wildman–Crippen MR) is 89.0 cm³/mol. The molecule has 1 aromatic carbocycles. The van der Waals surface area contributed by atoms with Crippen molar-refractivity contribution in [3.8, 4) is 11.5 Å². The molecule has 0 aliphatic carbocycles. The summed E-state index contributed by atoms with van der Waals surface area (Å²) in [6, 6.07) is 6.66. The summed E-state index contributed by atoms with van der Waals surface area (Å²) in [6.07, 6.45) is 1.00. The average Bonchev–Trinajstić information content (AvgIpc) is 2.88. The normalized spacial score (nSPS) is 23.6. The van der Waals surface area contributed by atoms with Crippen molar-refractivity contribution in [1.29, 1.82) is 0 Å². The van der Waals surface area contributed by atoms with Crippen molar-refractivity contribution in [2.24, 2.45) is 0 Å². The molecule has 3 nitrogen and oxygen atoms in total. The zero-order chi connectivity index (χ0) is 15.4. The summed E-state index contributed by atoms with van der Waals surface area (Å²) in [4.78, 5) is 5.52. The molecule has 2 aliphatic heterocycles. The summed E-state index contributed by atoms with van der Waals surface area (Å²) in [5.74, 6) is 1.47. The van der Waals surface area contributed by atoms with Crippen LogP contribution in [0.2, 0.25) is 0 Å². The first-order valence-electron chi connectivity index (χ1n) is 7.80. The lowest BCUT2D eigenvalue weighted by atomic mass is 9.84. The van der Waals surface area contributed by atoms with Gasteiger partial charge >= 0.3 is 0 Å². The molecule has 0 radical (unpaired) electrons. The lowest BCUT2D eigenvalue weighted by molar-refractivity contribution is 0.147. The second-order valence-corrected chi connectivity index (χ2v) is 7.77. The minimum absolute atomic E-state index is 0.247. The fraction of sp³-hybridized carbons (Fsp3) is 0.444. The number of hydrogen-bond donors (Lipinski definition) is 1. The van der Waals surface area contributed by atoms with E-state index in [-0.39, 0.29) is 5.75 Å². The van der Waals surface area contributed by atoms with E-state index in [0.717, 1.165) is 25.1 Å². The fourth-order valence-electron chi connectivity index (χ4n) is 4.03. The van der Waals surface area contributed by atoms with Crippen LogP contribution in [0.4, 0.5) is 0 Å². The molecule has 4 rings (SSSR count). The van der Waals surface area contributed by atoms with E-state index in [1.165, 1.54) is 16.0 Å². The van der Waals surface area contributed by atoms with Crippen LogP contribution in [0.15, 0.2) is 18.2 Å². The molecule has 2 aromatic rings. The van der Waals surface area contributed by atoms with Crippen LogP contribution in [0.25, 0.3) is 0 Å². The zero-order valence-electron chi connectivity index (χ0n) is 13.2. The van der Waals surface area contributed by atoms with Gasteiger partial charge in [0.2, 0.25) is 0 Å². The molecule has 1 N–H and O–H groups in total. The smallest absolute Gasteiger partial charge is 0.165 e. The maximum atomic E-state index is 10.0. The van der Waals surface area contributed by atoms with Crippen LogP contribution >= 0.6 is 11.3 Å². The lowest BCUT2D eigenvalue weighted by Gasteiger charge is -2.42. The zero-order valence-corrected chi connectivity index (χ0v) is 14.0. The van der Waals surface area contributed by atoms with Gasteiger partial charge in [-0.15, -0.1) is 11.3 Å². The molecule has 3 heterocycles. The van der Waals surface area contributed by atoms with E-state index in [1.807, 2.05) is 11.3 Å². The highest BCUT2D eigenvalue weighted by molar-refractivity contribution is 7.12. The number of methoxy groups -OCH3 is 1. The number of rotatable bonds is 1. The Hall–Kier alpha value is -1.52. The number of benzene rings is 1. The minimum atomic E-state index is 0.247. The van der Waals surface area contributed by atoms with Crippen LogP contribution in [0.5, 0.6) is 11.5 Å². The summed E-state index contributed by atoms with van der Waals surface area (Å²) < 4.78 is 5.45. The minimum Gasteiger partial charge on any atom is -0.504 e. The van der Waals surface area contributed by atoms with Crippen molar-refractivity contribution in [3.63, 3.8) is 0 Å². The number of phenolic OH excluding ortho intramolecular Hbond substituents is 1. The summed E-state index contributed by atoms with van der Waals surface area (Å²) >= 11 is 1.95. The van der Waals surface area contributed by atoms with Crippen LogP contribution in [0.3, 0.4) is 0 Å². The molecule has 2 unspecified atom stereocenters. The molecule has 0 spiro atoms. The molecular formula is C18H21NO2S. The summed E-state index contributed by atoms with van der Waals surface area (Å²) in [7, 11) is 1.64. The molecule has 0 bridgehead atoms. The quantitative estimate of drug-likeness (QED) is 0.864. The number of aromatic hydroxyl groups is 1. The second-order valence-electron chi connectivity index (χ2n) is 6.48. The van der Waals surface area contributed by atoms with Crippen molar-refractivity contribution in [2.45, 2.75) is 38.8 Å². The second kappa shape index (κ2) is 5.00. The third kappa shape index (κ3) is 1.97. The van der Waals surface area contributed by atoms with Crippen molar-refractivity contribution < 1.29 is 9.84 Å². The molecule has 116 valence electrons. The highest BCUT2D eigenvalue weighted by Crippen LogP contribution is 2.47. The van der Waals surface area contributed by atoms with Gasteiger partial charge in [-0.2, -0.15) is 0 Å². The van der Waals surface area contributed by atoms with Gasteiger partial charge in [-0.3, -0.25) is 4.90 Å². The molecule has 0 amide bonds. The average molecular weight is 315 g/mol. The number of aryl methyl sites for hydroxylation is 1. The van der Waals surface area contributed by atoms with Crippen molar-refractivity contribution in [1.82, 2.24) is 4.90 Å². The molecule has 0 fully saturated rings. The number of fused-ring (bicyclic) bond motifs is 4. The summed E-state index contributed by atoms with van der Waals surface area (Å²) in [6.45, 7) is 6.46. The van der Waals surface area contributed by atoms with Gasteiger partial charge in [-0.25, -0.2) is 0 Å². The Morgan fingerprint density at radius 2 is 2.18 bits per heavy atom. The number of phenols is 1. The molecule has 4 heteroatoms. The Bertz CT molecular complexity index is 737. The molecule has 2 aliphatic rings. The first-order valence-corrected chi connectivity index (χ1v) is 8.62. The first kappa shape index (κ1) is 14.1. The van der Waals surface area contributed by atoms with Gasteiger partial charge in [0.15, 0.2) is 11.5 Å². The van der Waals surface area contributed by atoms with E-state index in [9.17, 15) is 5.11 Å². The van der Waals surface area contributed by atoms with E-state index in [4.69, 9.17) is 4.74 Å². The van der Waals surface area contributed by atoms with Crippen LogP contribution in [0, 0.1) is 6.92 Å². The van der Waals surface area contributed by atoms with Crippen LogP contribution in [-0.2, 0) is 13.0 Å². The standard InChI is InChI=1S/C18H21NO2S/c1-10-8-19-9-14-12(4-5-16(20)17(14)21-3)7-15(19)13-6-11(2)22-18(10)13/h4-6,10,15,20H,7-9H2,1-3H3. The predicted octanol–water partition coefficient (Wildman–Crippen LogP) is 3.99. The Balaban J connectivity index is 1.80. The molecule has 0 saturated heterocycles. The number of thiophene rings is 1. The summed E-state index contributed by atoms with van der Waals surface area (Å²) in [5, 5.41) is 10.0. The first-order chi connectivity index (χ1) is 10.6. The maximum absolute atomic E-state index is 10.0. The van der Waals surface area contributed by atoms with E-state index < -0.39 is 0 Å². The third-order valence-corrected chi connectivity index (χ3v) is 6.28. The number of nitrogens with zero attached hydrogens (tertiary/aromatic N) is 1. The Labute approximate surface area is 135 Å². The van der Waals surface area contributed by atoms with Crippen molar-refractivity contribution in [3.05, 3.63) is 44.6 Å². The van der Waals surface area contributed by atoms with Gasteiger partial charge in [0, 0.05) is 40.4 Å². The van der Waals surface area contributed by atoms with Crippen LogP contribution in [-0.4, -0.2) is 23.7 Å². The van der Waals surface area contributed by atoms with Gasteiger partial charge < -0.3 is 9.84 Å². The lowest BCUT2D eigenvalue weighted by Crippen LogP contribution is -2.40. The van der Waals surface area contributed by atoms with E-state index in [1.54, 1.807) is 18.1 Å².